The Kier molecular flexibility index (Phi) is 3.92. The second-order valence-electron chi connectivity index (χ2n) is 4.40. The number of carboxylic acids is 1. The highest BCUT2D eigenvalue weighted by Gasteiger charge is 2.30. The van der Waals surface area contributed by atoms with Crippen LogP contribution in [0.3, 0.4) is 0 Å². The number of carboxylic acid groups (broad SMARTS) is 1. The van der Waals surface area contributed by atoms with Crippen LogP contribution in [0.15, 0.2) is 0 Å². The average Bonchev–Trinajstić information content (AvgIpc) is 2.86. The predicted molar refractivity (Wildman–Crippen MR) is 60.2 cm³/mol. The van der Waals surface area contributed by atoms with Gasteiger partial charge in [-0.3, -0.25) is 0 Å². The third-order valence-electron chi connectivity index (χ3n) is 3.20. The number of hydrogen-bond donors (Lipinski definition) is 1. The van der Waals surface area contributed by atoms with Crippen LogP contribution in [-0.2, 0) is 9.53 Å². The van der Waals surface area contributed by atoms with Crippen molar-refractivity contribution < 1.29 is 14.6 Å². The maximum absolute atomic E-state index is 10.7. The molecule has 1 saturated carbocycles. The van der Waals surface area contributed by atoms with Crippen molar-refractivity contribution in [3.63, 3.8) is 0 Å². The fourth-order valence-electron chi connectivity index (χ4n) is 2.31. The molecule has 2 fully saturated rings. The molecule has 2 aliphatic rings. The van der Waals surface area contributed by atoms with Crippen LogP contribution in [0.25, 0.3) is 0 Å². The van der Waals surface area contributed by atoms with Crippen LogP contribution in [0, 0.1) is 0 Å². The molecule has 0 radical (unpaired) electrons. The SMILES string of the molecule is O=C(O)C1CCC(CSC2CCCC2)O1. The van der Waals surface area contributed by atoms with Crippen LogP contribution >= 0.6 is 11.8 Å². The topological polar surface area (TPSA) is 46.5 Å². The quantitative estimate of drug-likeness (QED) is 0.805. The van der Waals surface area contributed by atoms with Crippen LogP contribution in [-0.4, -0.2) is 34.3 Å². The molecule has 1 aliphatic carbocycles. The van der Waals surface area contributed by atoms with Crippen molar-refractivity contribution in [3.8, 4) is 0 Å². The smallest absolute Gasteiger partial charge is 0.332 e. The van der Waals surface area contributed by atoms with Crippen molar-refractivity contribution in [3.05, 3.63) is 0 Å². The lowest BCUT2D eigenvalue weighted by atomic mass is 10.2. The van der Waals surface area contributed by atoms with Gasteiger partial charge >= 0.3 is 5.97 Å². The lowest BCUT2D eigenvalue weighted by Gasteiger charge is -2.13. The summed E-state index contributed by atoms with van der Waals surface area (Å²) in [6, 6.07) is 0. The van der Waals surface area contributed by atoms with Crippen LogP contribution < -0.4 is 0 Å². The van der Waals surface area contributed by atoms with E-state index in [2.05, 4.69) is 0 Å². The summed E-state index contributed by atoms with van der Waals surface area (Å²) in [6.07, 6.45) is 6.62. The summed E-state index contributed by atoms with van der Waals surface area (Å²) < 4.78 is 5.46. The Labute approximate surface area is 94.6 Å². The van der Waals surface area contributed by atoms with Gasteiger partial charge in [0.15, 0.2) is 6.10 Å². The first-order valence-electron chi connectivity index (χ1n) is 5.75. The highest BCUT2D eigenvalue weighted by molar-refractivity contribution is 7.99. The van der Waals surface area contributed by atoms with E-state index in [0.717, 1.165) is 17.4 Å². The second kappa shape index (κ2) is 5.21. The minimum Gasteiger partial charge on any atom is -0.479 e. The van der Waals surface area contributed by atoms with Crippen molar-refractivity contribution in [2.24, 2.45) is 0 Å². The minimum atomic E-state index is -0.802. The van der Waals surface area contributed by atoms with Crippen molar-refractivity contribution in [2.75, 3.05) is 5.75 Å². The zero-order valence-corrected chi connectivity index (χ0v) is 9.67. The maximum Gasteiger partial charge on any atom is 0.332 e. The van der Waals surface area contributed by atoms with Crippen LogP contribution in [0.4, 0.5) is 0 Å². The Balaban J connectivity index is 1.66. The fraction of sp³-hybridized carbons (Fsp3) is 0.909. The Bertz CT molecular complexity index is 226. The molecular formula is C11H18O3S. The van der Waals surface area contributed by atoms with Gasteiger partial charge in [0, 0.05) is 11.0 Å². The van der Waals surface area contributed by atoms with E-state index >= 15 is 0 Å². The van der Waals surface area contributed by atoms with Gasteiger partial charge in [-0.2, -0.15) is 11.8 Å². The molecule has 1 heterocycles. The zero-order valence-electron chi connectivity index (χ0n) is 8.85. The Morgan fingerprint density at radius 2 is 2.00 bits per heavy atom. The van der Waals surface area contributed by atoms with Gasteiger partial charge in [0.2, 0.25) is 0 Å². The lowest BCUT2D eigenvalue weighted by Crippen LogP contribution is -2.21. The summed E-state index contributed by atoms with van der Waals surface area (Å²) in [5.74, 6) is 0.178. The van der Waals surface area contributed by atoms with E-state index in [4.69, 9.17) is 9.84 Å². The van der Waals surface area contributed by atoms with Crippen LogP contribution in [0.2, 0.25) is 0 Å². The highest BCUT2D eigenvalue weighted by Crippen LogP contribution is 2.32. The molecule has 4 heteroatoms. The van der Waals surface area contributed by atoms with E-state index in [1.807, 2.05) is 11.8 Å². The van der Waals surface area contributed by atoms with E-state index in [9.17, 15) is 4.79 Å². The Hall–Kier alpha value is -0.220. The third kappa shape index (κ3) is 3.11. The molecule has 2 unspecified atom stereocenters. The number of carbonyl (C=O) groups is 1. The molecule has 86 valence electrons. The molecule has 1 saturated heterocycles. The van der Waals surface area contributed by atoms with Gasteiger partial charge in [0.1, 0.15) is 0 Å². The monoisotopic (exact) mass is 230 g/mol. The first kappa shape index (κ1) is 11.3. The molecule has 0 aromatic heterocycles. The molecule has 1 aliphatic heterocycles. The first-order chi connectivity index (χ1) is 7.25. The molecule has 15 heavy (non-hydrogen) atoms. The van der Waals surface area contributed by atoms with Gasteiger partial charge in [0.25, 0.3) is 0 Å². The normalized spacial score (nSPS) is 32.3. The molecular weight excluding hydrogens is 212 g/mol. The Morgan fingerprint density at radius 1 is 1.27 bits per heavy atom. The largest absolute Gasteiger partial charge is 0.479 e. The lowest BCUT2D eigenvalue weighted by molar-refractivity contribution is -0.148. The summed E-state index contributed by atoms with van der Waals surface area (Å²) in [4.78, 5) is 10.7. The first-order valence-corrected chi connectivity index (χ1v) is 6.80. The third-order valence-corrected chi connectivity index (χ3v) is 4.71. The molecule has 3 nitrogen and oxygen atoms in total. The maximum atomic E-state index is 10.7. The van der Waals surface area contributed by atoms with Crippen LogP contribution in [0.1, 0.15) is 38.5 Å². The van der Waals surface area contributed by atoms with Crippen molar-refractivity contribution in [1.29, 1.82) is 0 Å². The molecule has 0 bridgehead atoms. The van der Waals surface area contributed by atoms with Crippen molar-refractivity contribution in [2.45, 2.75) is 56.0 Å². The highest BCUT2D eigenvalue weighted by atomic mass is 32.2. The number of hydrogen-bond acceptors (Lipinski definition) is 3. The number of ether oxygens (including phenoxy) is 1. The Morgan fingerprint density at radius 3 is 2.60 bits per heavy atom. The minimum absolute atomic E-state index is 0.177. The average molecular weight is 230 g/mol. The van der Waals surface area contributed by atoms with E-state index < -0.39 is 12.1 Å². The van der Waals surface area contributed by atoms with Crippen molar-refractivity contribution >= 4 is 17.7 Å². The summed E-state index contributed by atoms with van der Waals surface area (Å²) >= 11 is 1.98. The summed E-state index contributed by atoms with van der Waals surface area (Å²) in [5, 5.41) is 9.58. The molecule has 0 aromatic carbocycles. The number of aliphatic carboxylic acids is 1. The fourth-order valence-corrected chi connectivity index (χ4v) is 3.71. The molecule has 0 amide bonds. The van der Waals surface area contributed by atoms with E-state index in [-0.39, 0.29) is 6.10 Å². The molecule has 0 spiro atoms. The summed E-state index contributed by atoms with van der Waals surface area (Å²) in [6.45, 7) is 0. The van der Waals surface area contributed by atoms with Gasteiger partial charge in [-0.15, -0.1) is 0 Å². The zero-order chi connectivity index (χ0) is 10.7. The number of rotatable bonds is 4. The van der Waals surface area contributed by atoms with Gasteiger partial charge in [-0.05, 0) is 25.7 Å². The second-order valence-corrected chi connectivity index (χ2v) is 5.74. The molecule has 1 N–H and O–H groups in total. The van der Waals surface area contributed by atoms with Crippen molar-refractivity contribution in [1.82, 2.24) is 0 Å². The van der Waals surface area contributed by atoms with Gasteiger partial charge < -0.3 is 9.84 Å². The van der Waals surface area contributed by atoms with E-state index in [0.29, 0.717) is 6.42 Å². The van der Waals surface area contributed by atoms with Gasteiger partial charge in [-0.1, -0.05) is 12.8 Å². The molecule has 2 rings (SSSR count). The van der Waals surface area contributed by atoms with E-state index in [1.54, 1.807) is 0 Å². The molecule has 0 aromatic rings. The predicted octanol–water partition coefficient (Wildman–Crippen LogP) is 2.29. The van der Waals surface area contributed by atoms with Crippen LogP contribution in [0.5, 0.6) is 0 Å². The standard InChI is InChI=1S/C11H18O3S/c12-11(13)10-6-5-8(14-10)7-15-9-3-1-2-4-9/h8-10H,1-7H2,(H,12,13). The summed E-state index contributed by atoms with van der Waals surface area (Å²) in [5.41, 5.74) is 0. The molecule has 2 atom stereocenters. The van der Waals surface area contributed by atoms with E-state index in [1.165, 1.54) is 25.7 Å². The summed E-state index contributed by atoms with van der Waals surface area (Å²) in [7, 11) is 0. The van der Waals surface area contributed by atoms with Gasteiger partial charge in [0.05, 0.1) is 6.10 Å². The van der Waals surface area contributed by atoms with Gasteiger partial charge in [-0.25, -0.2) is 4.79 Å². The number of thioether (sulfide) groups is 1.